The topological polar surface area (TPSA) is 58.1 Å². The molecule has 0 fully saturated rings. The van der Waals surface area contributed by atoms with Gasteiger partial charge in [-0.05, 0) is 31.2 Å². The highest BCUT2D eigenvalue weighted by Crippen LogP contribution is 2.21. The lowest BCUT2D eigenvalue weighted by Gasteiger charge is -2.28. The molecule has 1 aliphatic heterocycles. The van der Waals surface area contributed by atoms with Crippen molar-refractivity contribution in [3.8, 4) is 11.4 Å². The third-order valence-corrected chi connectivity index (χ3v) is 3.65. The third-order valence-electron chi connectivity index (χ3n) is 3.65. The number of nitrogens with one attached hydrogen (secondary N) is 1. The second kappa shape index (κ2) is 6.09. The van der Waals surface area contributed by atoms with Crippen molar-refractivity contribution in [3.63, 3.8) is 0 Å². The highest BCUT2D eigenvalue weighted by molar-refractivity contribution is 5.74. The van der Waals surface area contributed by atoms with Crippen LogP contribution in [0.5, 0.6) is 0 Å². The first kappa shape index (κ1) is 14.4. The lowest BCUT2D eigenvalue weighted by molar-refractivity contribution is 0.192. The second-order valence-electron chi connectivity index (χ2n) is 5.18. The molecule has 0 unspecified atom stereocenters. The molecule has 2 heterocycles. The summed E-state index contributed by atoms with van der Waals surface area (Å²) in [5, 5.41) is 2.80. The minimum absolute atomic E-state index is 0.0595. The number of hydrogen-bond acceptors (Lipinski definition) is 3. The third kappa shape index (κ3) is 2.90. The van der Waals surface area contributed by atoms with Crippen molar-refractivity contribution in [1.29, 1.82) is 0 Å². The largest absolute Gasteiger partial charge is 0.338 e. The maximum absolute atomic E-state index is 13.0. The molecule has 1 aromatic carbocycles. The first-order chi connectivity index (χ1) is 10.7. The van der Waals surface area contributed by atoms with Gasteiger partial charge >= 0.3 is 6.03 Å². The number of nitrogens with zero attached hydrogens (tertiary/aromatic N) is 3. The number of carbonyl (C=O) groups is 1. The number of benzene rings is 1. The molecule has 3 rings (SSSR count). The van der Waals surface area contributed by atoms with E-state index in [0.29, 0.717) is 31.9 Å². The molecule has 0 bridgehead atoms. The molecule has 114 valence electrons. The predicted octanol–water partition coefficient (Wildman–Crippen LogP) is 2.37. The fourth-order valence-corrected chi connectivity index (χ4v) is 2.49. The summed E-state index contributed by atoms with van der Waals surface area (Å²) < 4.78 is 13.0. The number of carbonyl (C=O) groups excluding carboxylic acids is 1. The van der Waals surface area contributed by atoms with Crippen LogP contribution < -0.4 is 5.32 Å². The summed E-state index contributed by atoms with van der Waals surface area (Å²) in [6.07, 6.45) is 2.45. The number of urea groups is 1. The summed E-state index contributed by atoms with van der Waals surface area (Å²) >= 11 is 0. The molecule has 22 heavy (non-hydrogen) atoms. The van der Waals surface area contributed by atoms with Gasteiger partial charge in [0.05, 0.1) is 12.2 Å². The molecular formula is C16H17FN4O. The van der Waals surface area contributed by atoms with E-state index in [0.717, 1.165) is 16.8 Å². The van der Waals surface area contributed by atoms with Crippen LogP contribution in [0.3, 0.4) is 0 Å². The Labute approximate surface area is 128 Å². The molecule has 1 N–H and O–H groups in total. The van der Waals surface area contributed by atoms with Crippen molar-refractivity contribution in [2.24, 2.45) is 0 Å². The molecule has 1 aliphatic rings. The van der Waals surface area contributed by atoms with Crippen LogP contribution in [0.1, 0.15) is 18.2 Å². The molecule has 0 aliphatic carbocycles. The van der Waals surface area contributed by atoms with Gasteiger partial charge in [0.25, 0.3) is 0 Å². The van der Waals surface area contributed by atoms with E-state index in [-0.39, 0.29) is 11.8 Å². The molecule has 0 saturated heterocycles. The van der Waals surface area contributed by atoms with Crippen molar-refractivity contribution in [1.82, 2.24) is 20.2 Å². The van der Waals surface area contributed by atoms with E-state index in [2.05, 4.69) is 15.3 Å². The van der Waals surface area contributed by atoms with Gasteiger partial charge in [0.15, 0.2) is 5.82 Å². The normalized spacial score (nSPS) is 13.6. The Morgan fingerprint density at radius 2 is 2.14 bits per heavy atom. The lowest BCUT2D eigenvalue weighted by Crippen LogP contribution is -2.42. The standard InChI is InChI=1S/C16H17FN4O/c1-2-18-16(22)21-8-7-14-12(10-21)9-19-15(20-14)11-3-5-13(17)6-4-11/h3-6,9H,2,7-8,10H2,1H3,(H,18,22). The van der Waals surface area contributed by atoms with Gasteiger partial charge in [-0.25, -0.2) is 19.2 Å². The van der Waals surface area contributed by atoms with Gasteiger partial charge in [-0.1, -0.05) is 0 Å². The molecule has 0 spiro atoms. The minimum atomic E-state index is -0.278. The van der Waals surface area contributed by atoms with E-state index in [1.54, 1.807) is 23.2 Å². The van der Waals surface area contributed by atoms with Crippen molar-refractivity contribution in [3.05, 3.63) is 47.5 Å². The Morgan fingerprint density at radius 3 is 2.86 bits per heavy atom. The fraction of sp³-hybridized carbons (Fsp3) is 0.312. The van der Waals surface area contributed by atoms with Gasteiger partial charge in [-0.2, -0.15) is 0 Å². The van der Waals surface area contributed by atoms with Crippen LogP contribution in [0, 0.1) is 5.82 Å². The summed E-state index contributed by atoms with van der Waals surface area (Å²) in [4.78, 5) is 22.5. The average Bonchev–Trinajstić information content (AvgIpc) is 2.55. The average molecular weight is 300 g/mol. The van der Waals surface area contributed by atoms with Crippen LogP contribution in [0.2, 0.25) is 0 Å². The van der Waals surface area contributed by atoms with Gasteiger partial charge in [-0.15, -0.1) is 0 Å². The Balaban J connectivity index is 1.81. The van der Waals surface area contributed by atoms with Gasteiger partial charge in [0.2, 0.25) is 0 Å². The number of halogens is 1. The summed E-state index contributed by atoms with van der Waals surface area (Å²) in [5.41, 5.74) is 2.70. The molecular weight excluding hydrogens is 283 g/mol. The molecule has 6 heteroatoms. The smallest absolute Gasteiger partial charge is 0.317 e. The summed E-state index contributed by atoms with van der Waals surface area (Å²) in [5.74, 6) is 0.310. The van der Waals surface area contributed by atoms with Crippen molar-refractivity contribution in [2.45, 2.75) is 19.9 Å². The zero-order valence-corrected chi connectivity index (χ0v) is 12.3. The van der Waals surface area contributed by atoms with Crippen LogP contribution in [0.15, 0.2) is 30.5 Å². The van der Waals surface area contributed by atoms with E-state index in [1.807, 2.05) is 6.92 Å². The first-order valence-electron chi connectivity index (χ1n) is 7.31. The number of rotatable bonds is 2. The molecule has 2 aromatic rings. The van der Waals surface area contributed by atoms with Crippen molar-refractivity contribution in [2.75, 3.05) is 13.1 Å². The number of fused-ring (bicyclic) bond motifs is 1. The minimum Gasteiger partial charge on any atom is -0.338 e. The van der Waals surface area contributed by atoms with E-state index in [4.69, 9.17) is 0 Å². The van der Waals surface area contributed by atoms with E-state index in [1.165, 1.54) is 12.1 Å². The molecule has 2 amide bonds. The summed E-state index contributed by atoms with van der Waals surface area (Å²) in [6.45, 7) is 3.67. The van der Waals surface area contributed by atoms with Crippen LogP contribution in [-0.4, -0.2) is 34.0 Å². The van der Waals surface area contributed by atoms with Crippen molar-refractivity contribution < 1.29 is 9.18 Å². The number of hydrogen-bond donors (Lipinski definition) is 1. The fourth-order valence-electron chi connectivity index (χ4n) is 2.49. The summed E-state index contributed by atoms with van der Waals surface area (Å²) in [7, 11) is 0. The lowest BCUT2D eigenvalue weighted by atomic mass is 10.1. The Kier molecular flexibility index (Phi) is 4.00. The Bertz CT molecular complexity index is 687. The second-order valence-corrected chi connectivity index (χ2v) is 5.18. The van der Waals surface area contributed by atoms with Gasteiger partial charge in [0.1, 0.15) is 5.82 Å². The number of aromatic nitrogens is 2. The first-order valence-corrected chi connectivity index (χ1v) is 7.31. The maximum atomic E-state index is 13.0. The molecule has 0 radical (unpaired) electrons. The van der Waals surface area contributed by atoms with Crippen LogP contribution >= 0.6 is 0 Å². The van der Waals surface area contributed by atoms with Crippen LogP contribution in [0.25, 0.3) is 11.4 Å². The Morgan fingerprint density at radius 1 is 1.36 bits per heavy atom. The van der Waals surface area contributed by atoms with E-state index < -0.39 is 0 Å². The maximum Gasteiger partial charge on any atom is 0.317 e. The highest BCUT2D eigenvalue weighted by atomic mass is 19.1. The van der Waals surface area contributed by atoms with Crippen LogP contribution in [0.4, 0.5) is 9.18 Å². The van der Waals surface area contributed by atoms with E-state index in [9.17, 15) is 9.18 Å². The van der Waals surface area contributed by atoms with E-state index >= 15 is 0 Å². The van der Waals surface area contributed by atoms with Crippen LogP contribution in [-0.2, 0) is 13.0 Å². The molecule has 0 atom stereocenters. The molecule has 0 saturated carbocycles. The highest BCUT2D eigenvalue weighted by Gasteiger charge is 2.22. The zero-order chi connectivity index (χ0) is 15.5. The monoisotopic (exact) mass is 300 g/mol. The quantitative estimate of drug-likeness (QED) is 0.926. The zero-order valence-electron chi connectivity index (χ0n) is 12.3. The van der Waals surface area contributed by atoms with Gasteiger partial charge < -0.3 is 10.2 Å². The summed E-state index contributed by atoms with van der Waals surface area (Å²) in [6, 6.07) is 6.07. The van der Waals surface area contributed by atoms with Crippen molar-refractivity contribution >= 4 is 6.03 Å². The Hall–Kier alpha value is -2.50. The molecule has 5 nitrogen and oxygen atoms in total. The predicted molar refractivity (Wildman–Crippen MR) is 80.6 cm³/mol. The van der Waals surface area contributed by atoms with Gasteiger partial charge in [-0.3, -0.25) is 0 Å². The molecule has 1 aromatic heterocycles. The SMILES string of the molecule is CCNC(=O)N1CCc2nc(-c3ccc(F)cc3)ncc2C1. The van der Waals surface area contributed by atoms with Gasteiger partial charge in [0, 0.05) is 36.8 Å². The number of amides is 2.